The molecule has 0 atom stereocenters. The van der Waals surface area contributed by atoms with E-state index in [1.165, 1.54) is 0 Å². The number of anilines is 1. The van der Waals surface area contributed by atoms with E-state index in [0.717, 1.165) is 111 Å². The predicted octanol–water partition coefficient (Wildman–Crippen LogP) is 7.34. The summed E-state index contributed by atoms with van der Waals surface area (Å²) in [4.78, 5) is 15.4. The van der Waals surface area contributed by atoms with Crippen LogP contribution in [0.15, 0.2) is 79.0 Å². The van der Waals surface area contributed by atoms with Crippen molar-refractivity contribution in [1.82, 2.24) is 29.3 Å². The van der Waals surface area contributed by atoms with Crippen LogP contribution in [0.5, 0.6) is 11.5 Å². The van der Waals surface area contributed by atoms with Crippen molar-refractivity contribution in [3.8, 4) is 28.6 Å². The van der Waals surface area contributed by atoms with E-state index in [4.69, 9.17) is 19.3 Å². The zero-order chi connectivity index (χ0) is 35.9. The van der Waals surface area contributed by atoms with E-state index in [0.29, 0.717) is 24.8 Å². The normalized spacial score (nSPS) is 18.4. The van der Waals surface area contributed by atoms with Crippen LogP contribution in [0.1, 0.15) is 71.4 Å². The minimum Gasteiger partial charge on any atom is -0.492 e. The Bertz CT molecular complexity index is 1920. The Labute approximate surface area is 306 Å². The van der Waals surface area contributed by atoms with Gasteiger partial charge in [0.25, 0.3) is 0 Å². The lowest BCUT2D eigenvalue weighted by atomic mass is 9.84. The monoisotopic (exact) mass is 705 g/mol. The molecule has 3 aromatic heterocycles. The van der Waals surface area contributed by atoms with Crippen molar-refractivity contribution < 1.29 is 19.0 Å². The lowest BCUT2D eigenvalue weighted by Gasteiger charge is -2.29. The second-order valence-corrected chi connectivity index (χ2v) is 15.1. The summed E-state index contributed by atoms with van der Waals surface area (Å²) in [6.07, 6.45) is 8.75. The Hall–Kier alpha value is -4.74. The SMILES string of the molecule is CC(C)(C)c1cc(NC(=O)CCCC2CCC(Oc3ccc4nnc(-c5cccc(OCCN6CCOCC6)c5)n4c3)CC2)n(-c2ccccc2)n1. The van der Waals surface area contributed by atoms with E-state index >= 15 is 0 Å². The van der Waals surface area contributed by atoms with Gasteiger partial charge in [-0.1, -0.05) is 51.1 Å². The summed E-state index contributed by atoms with van der Waals surface area (Å²) >= 11 is 0. The van der Waals surface area contributed by atoms with Gasteiger partial charge in [-0.3, -0.25) is 14.1 Å². The standard InChI is InChI=1S/C41H51N7O4/c1-41(2,3)36-28-38(48(45-36)32-11-5-4-6-12-32)42-39(49)14-7-9-30-15-17-33(18-16-30)52-35-19-20-37-43-44-40(47(37)29-35)31-10-8-13-34(27-31)51-26-23-46-21-24-50-25-22-46/h4-6,8,10-13,19-20,27-30,33H,7,9,14-18,21-26H2,1-3H3,(H,42,49). The van der Waals surface area contributed by atoms with E-state index < -0.39 is 0 Å². The molecule has 5 aromatic rings. The molecule has 1 amide bonds. The van der Waals surface area contributed by atoms with Crippen LogP contribution < -0.4 is 14.8 Å². The van der Waals surface area contributed by atoms with Crippen LogP contribution in [0, 0.1) is 5.92 Å². The highest BCUT2D eigenvalue weighted by molar-refractivity contribution is 5.90. The molecule has 11 heteroatoms. The molecular weight excluding hydrogens is 654 g/mol. The molecule has 4 heterocycles. The summed E-state index contributed by atoms with van der Waals surface area (Å²) in [5, 5.41) is 16.9. The highest BCUT2D eigenvalue weighted by Crippen LogP contribution is 2.32. The summed E-state index contributed by atoms with van der Waals surface area (Å²) < 4.78 is 21.9. The second-order valence-electron chi connectivity index (χ2n) is 15.1. The van der Waals surface area contributed by atoms with Gasteiger partial charge in [0.05, 0.1) is 36.9 Å². The lowest BCUT2D eigenvalue weighted by molar-refractivity contribution is -0.116. The first kappa shape index (κ1) is 35.7. The first-order valence-electron chi connectivity index (χ1n) is 18.8. The van der Waals surface area contributed by atoms with E-state index in [-0.39, 0.29) is 17.4 Å². The molecule has 0 radical (unpaired) electrons. The van der Waals surface area contributed by atoms with Crippen molar-refractivity contribution in [2.24, 2.45) is 5.92 Å². The maximum atomic E-state index is 13.1. The number of rotatable bonds is 13. The quantitative estimate of drug-likeness (QED) is 0.136. The number of nitrogens with zero attached hydrogens (tertiary/aromatic N) is 6. The van der Waals surface area contributed by atoms with Crippen LogP contribution in [0.2, 0.25) is 0 Å². The third kappa shape index (κ3) is 9.00. The number of ether oxygens (including phenoxy) is 3. The molecule has 0 spiro atoms. The Balaban J connectivity index is 0.881. The Morgan fingerprint density at radius 1 is 0.923 bits per heavy atom. The number of hydrogen-bond donors (Lipinski definition) is 1. The molecule has 1 saturated carbocycles. The lowest BCUT2D eigenvalue weighted by Crippen LogP contribution is -2.38. The molecule has 1 aliphatic heterocycles. The topological polar surface area (TPSA) is 108 Å². The van der Waals surface area contributed by atoms with Gasteiger partial charge >= 0.3 is 0 Å². The maximum Gasteiger partial charge on any atom is 0.225 e. The average molecular weight is 706 g/mol. The molecule has 52 heavy (non-hydrogen) atoms. The van der Waals surface area contributed by atoms with Crippen LogP contribution in [0.25, 0.3) is 22.7 Å². The van der Waals surface area contributed by atoms with Gasteiger partial charge in [-0.15, -0.1) is 10.2 Å². The fraction of sp³-hybridized carbons (Fsp3) is 0.463. The number of nitrogens with one attached hydrogen (secondary N) is 1. The summed E-state index contributed by atoms with van der Waals surface area (Å²) in [5.41, 5.74) is 3.46. The molecule has 0 unspecified atom stereocenters. The first-order valence-corrected chi connectivity index (χ1v) is 18.8. The fourth-order valence-electron chi connectivity index (χ4n) is 7.07. The Morgan fingerprint density at radius 2 is 1.73 bits per heavy atom. The van der Waals surface area contributed by atoms with Gasteiger partial charge in [0, 0.05) is 43.1 Å². The molecule has 1 N–H and O–H groups in total. The molecule has 2 aliphatic rings. The van der Waals surface area contributed by atoms with E-state index in [2.05, 4.69) is 41.2 Å². The number of amides is 1. The molecule has 11 nitrogen and oxygen atoms in total. The number of fused-ring (bicyclic) bond motifs is 1. The van der Waals surface area contributed by atoms with Crippen molar-refractivity contribution in [3.05, 3.63) is 84.7 Å². The largest absolute Gasteiger partial charge is 0.492 e. The van der Waals surface area contributed by atoms with Crippen molar-refractivity contribution in [2.75, 3.05) is 44.8 Å². The van der Waals surface area contributed by atoms with Gasteiger partial charge in [-0.05, 0) is 80.8 Å². The van der Waals surface area contributed by atoms with Gasteiger partial charge in [0.15, 0.2) is 11.5 Å². The molecule has 0 bridgehead atoms. The van der Waals surface area contributed by atoms with Gasteiger partial charge in [-0.2, -0.15) is 5.10 Å². The molecule has 7 rings (SSSR count). The van der Waals surface area contributed by atoms with Gasteiger partial charge in [0.2, 0.25) is 5.91 Å². The zero-order valence-corrected chi connectivity index (χ0v) is 30.7. The van der Waals surface area contributed by atoms with E-state index in [9.17, 15) is 4.79 Å². The molecule has 2 aromatic carbocycles. The Morgan fingerprint density at radius 3 is 2.52 bits per heavy atom. The molecule has 1 saturated heterocycles. The summed E-state index contributed by atoms with van der Waals surface area (Å²) in [6.45, 7) is 11.4. The van der Waals surface area contributed by atoms with Crippen molar-refractivity contribution in [3.63, 3.8) is 0 Å². The predicted molar refractivity (Wildman–Crippen MR) is 202 cm³/mol. The maximum absolute atomic E-state index is 13.1. The number of carbonyl (C=O) groups excluding carboxylic acids is 1. The van der Waals surface area contributed by atoms with Crippen LogP contribution in [-0.4, -0.2) is 80.7 Å². The summed E-state index contributed by atoms with van der Waals surface area (Å²) in [7, 11) is 0. The number of benzene rings is 2. The minimum atomic E-state index is -0.125. The number of hydrogen-bond acceptors (Lipinski definition) is 8. The summed E-state index contributed by atoms with van der Waals surface area (Å²) in [6, 6.07) is 23.9. The number of pyridine rings is 1. The molecule has 1 aliphatic carbocycles. The van der Waals surface area contributed by atoms with Gasteiger partial charge in [0.1, 0.15) is 23.9 Å². The van der Waals surface area contributed by atoms with Crippen LogP contribution in [-0.2, 0) is 14.9 Å². The van der Waals surface area contributed by atoms with Crippen molar-refractivity contribution in [1.29, 1.82) is 0 Å². The van der Waals surface area contributed by atoms with E-state index in [1.54, 1.807) is 0 Å². The number of aromatic nitrogens is 5. The summed E-state index contributed by atoms with van der Waals surface area (Å²) in [5.74, 6) is 3.74. The average Bonchev–Trinajstić information content (AvgIpc) is 3.78. The fourth-order valence-corrected chi connectivity index (χ4v) is 7.07. The number of morpholine rings is 1. The molecular formula is C41H51N7O4. The smallest absolute Gasteiger partial charge is 0.225 e. The van der Waals surface area contributed by atoms with Crippen LogP contribution in [0.4, 0.5) is 5.82 Å². The Kier molecular flexibility index (Phi) is 11.2. The van der Waals surface area contributed by atoms with Crippen LogP contribution in [0.3, 0.4) is 0 Å². The van der Waals surface area contributed by atoms with Gasteiger partial charge < -0.3 is 19.5 Å². The molecule has 2 fully saturated rings. The third-order valence-corrected chi connectivity index (χ3v) is 10.1. The van der Waals surface area contributed by atoms with Gasteiger partial charge in [-0.25, -0.2) is 4.68 Å². The highest BCUT2D eigenvalue weighted by atomic mass is 16.5. The number of carbonyl (C=O) groups is 1. The van der Waals surface area contributed by atoms with Crippen molar-refractivity contribution in [2.45, 2.75) is 77.2 Å². The van der Waals surface area contributed by atoms with Crippen molar-refractivity contribution >= 4 is 17.4 Å². The zero-order valence-electron chi connectivity index (χ0n) is 30.7. The second kappa shape index (κ2) is 16.3. The molecule has 274 valence electrons. The van der Waals surface area contributed by atoms with E-state index in [1.807, 2.05) is 88.1 Å². The number of para-hydroxylation sites is 1. The first-order chi connectivity index (χ1) is 25.3. The highest BCUT2D eigenvalue weighted by Gasteiger charge is 2.24. The third-order valence-electron chi connectivity index (χ3n) is 10.1. The van der Waals surface area contributed by atoms with Crippen LogP contribution >= 0.6 is 0 Å². The minimum absolute atomic E-state index is 0.0290.